The van der Waals surface area contributed by atoms with Crippen molar-refractivity contribution in [3.8, 4) is 0 Å². The van der Waals surface area contributed by atoms with E-state index in [4.69, 9.17) is 48.8 Å². The maximum Gasteiger partial charge on any atom is 0.337 e. The fourth-order valence-electron chi connectivity index (χ4n) is 2.44. The number of hydrogen-bond acceptors (Lipinski definition) is 2. The molecule has 4 nitrogen and oxygen atoms in total. The van der Waals surface area contributed by atoms with Crippen LogP contribution in [0.15, 0.2) is 30.3 Å². The largest absolute Gasteiger partial charge is 0.479 e. The van der Waals surface area contributed by atoms with E-state index in [-0.39, 0.29) is 6.04 Å². The highest BCUT2D eigenvalue weighted by atomic mass is 35.5. The van der Waals surface area contributed by atoms with E-state index in [1.807, 2.05) is 37.3 Å². The maximum absolute atomic E-state index is 9.44. The number of hydrogen-bond donors (Lipinski definition) is 2. The standard InChI is InChI=1S/C16H22N2S.C2H2Cl2O2/c1-12(2)18-11-7-10-15(18)16(19)17-13(3)14-8-5-4-6-9-14;3-1(4)2(5)6/h4-6,8-9,13,15H,7,10-11H2,1-3H3;1H,(H,5,6)/p+1/t13-,15+;/m1./s1/i1D3,2D3;. The number of carboxylic acid groups (broad SMARTS) is 1. The number of nitrogens with one attached hydrogen (secondary N) is 1. The summed E-state index contributed by atoms with van der Waals surface area (Å²) in [6.45, 7) is -2.99. The minimum atomic E-state index is -2.67. The number of halogens is 2. The highest BCUT2D eigenvalue weighted by Gasteiger charge is 2.32. The van der Waals surface area contributed by atoms with Crippen molar-refractivity contribution in [2.24, 2.45) is 0 Å². The maximum atomic E-state index is 9.44. The van der Waals surface area contributed by atoms with E-state index in [1.54, 1.807) is 0 Å². The zero-order chi connectivity index (χ0) is 24.0. The lowest BCUT2D eigenvalue weighted by Crippen LogP contribution is -2.40. The van der Waals surface area contributed by atoms with E-state index in [1.165, 1.54) is 4.58 Å². The molecule has 138 valence electrons. The SMILES string of the molecule is O=C(O)C(Cl)Cl.[2H]C([2H])([2H])C(=[N+]1CCC[C@H]1C(=S)N[C@H](C)c1ccccc1)C([2H])([2H])[2H]. The summed E-state index contributed by atoms with van der Waals surface area (Å²) in [5, 5.41) is 11.0. The summed E-state index contributed by atoms with van der Waals surface area (Å²) in [5.41, 5.74) is 0.573. The third kappa shape index (κ3) is 7.30. The number of carbonyl (C=O) groups is 1. The molecule has 2 rings (SSSR count). The van der Waals surface area contributed by atoms with Gasteiger partial charge in [0.1, 0.15) is 17.2 Å². The van der Waals surface area contributed by atoms with Gasteiger partial charge in [0.25, 0.3) is 0 Å². The number of rotatable bonds is 4. The number of benzene rings is 1. The van der Waals surface area contributed by atoms with Gasteiger partial charge in [-0.25, -0.2) is 9.37 Å². The first kappa shape index (κ1) is 14.0. The van der Waals surface area contributed by atoms with Gasteiger partial charge in [0.2, 0.25) is 10.9 Å². The Balaban J connectivity index is 0.000000703. The van der Waals surface area contributed by atoms with E-state index in [0.717, 1.165) is 5.56 Å². The van der Waals surface area contributed by atoms with Crippen molar-refractivity contribution < 1.29 is 22.7 Å². The lowest BCUT2D eigenvalue weighted by Gasteiger charge is -2.18. The van der Waals surface area contributed by atoms with E-state index in [2.05, 4.69) is 5.32 Å². The van der Waals surface area contributed by atoms with E-state index in [9.17, 15) is 4.79 Å². The molecule has 0 amide bonds. The van der Waals surface area contributed by atoms with Crippen molar-refractivity contribution in [2.45, 2.75) is 50.4 Å². The Bertz CT molecular complexity index is 784. The van der Waals surface area contributed by atoms with Crippen molar-refractivity contribution in [3.05, 3.63) is 35.9 Å². The molecule has 1 fully saturated rings. The Labute approximate surface area is 173 Å². The fraction of sp³-hybridized carbons (Fsp3) is 0.500. The van der Waals surface area contributed by atoms with Crippen molar-refractivity contribution >= 4 is 52.1 Å². The van der Waals surface area contributed by atoms with Crippen LogP contribution in [0.2, 0.25) is 0 Å². The van der Waals surface area contributed by atoms with Gasteiger partial charge in [0, 0.05) is 40.8 Å². The molecule has 7 heteroatoms. The molecule has 1 aliphatic heterocycles. The van der Waals surface area contributed by atoms with Crippen LogP contribution in [-0.2, 0) is 4.79 Å². The third-order valence-corrected chi connectivity index (χ3v) is 4.45. The fourth-order valence-corrected chi connectivity index (χ4v) is 2.86. The zero-order valence-corrected chi connectivity index (χ0v) is 16.0. The van der Waals surface area contributed by atoms with Crippen LogP contribution >= 0.6 is 35.4 Å². The smallest absolute Gasteiger partial charge is 0.337 e. The highest BCUT2D eigenvalue weighted by molar-refractivity contribution is 7.80. The first-order chi connectivity index (χ1) is 14.2. The average Bonchev–Trinajstić information content (AvgIpc) is 3.09. The van der Waals surface area contributed by atoms with Crippen LogP contribution in [0.4, 0.5) is 0 Å². The lowest BCUT2D eigenvalue weighted by molar-refractivity contribution is -0.527. The van der Waals surface area contributed by atoms with Gasteiger partial charge in [-0.2, -0.15) is 0 Å². The number of nitrogens with zero attached hydrogens (tertiary/aromatic N) is 1. The van der Waals surface area contributed by atoms with Crippen LogP contribution in [0, 0.1) is 0 Å². The van der Waals surface area contributed by atoms with Gasteiger partial charge < -0.3 is 10.4 Å². The average molecular weight is 410 g/mol. The first-order valence-electron chi connectivity index (χ1n) is 10.7. The molecule has 1 aromatic carbocycles. The molecule has 2 N–H and O–H groups in total. The highest BCUT2D eigenvalue weighted by Crippen LogP contribution is 2.17. The molecule has 2 atom stereocenters. The second-order valence-electron chi connectivity index (χ2n) is 5.48. The Kier molecular flexibility index (Phi) is 6.00. The number of carboxylic acids is 1. The van der Waals surface area contributed by atoms with Crippen molar-refractivity contribution in [1.29, 1.82) is 0 Å². The molecule has 0 saturated carbocycles. The van der Waals surface area contributed by atoms with E-state index >= 15 is 0 Å². The molecule has 0 spiro atoms. The molecular formula is C18H25Cl2N2O2S+. The molecule has 0 aromatic heterocycles. The lowest BCUT2D eigenvalue weighted by atomic mass is 10.1. The molecule has 0 unspecified atom stereocenters. The summed E-state index contributed by atoms with van der Waals surface area (Å²) in [4.78, 5) is 8.63. The topological polar surface area (TPSA) is 52.3 Å². The Morgan fingerprint density at radius 2 is 2.00 bits per heavy atom. The molecule has 25 heavy (non-hydrogen) atoms. The molecule has 1 saturated heterocycles. The van der Waals surface area contributed by atoms with Gasteiger partial charge in [-0.15, -0.1) is 0 Å². The second kappa shape index (κ2) is 10.7. The summed E-state index contributed by atoms with van der Waals surface area (Å²) in [6.07, 6.45) is 1.35. The van der Waals surface area contributed by atoms with Crippen molar-refractivity contribution in [3.63, 3.8) is 0 Å². The van der Waals surface area contributed by atoms with Gasteiger partial charge in [-0.05, 0) is 12.5 Å². The summed E-state index contributed by atoms with van der Waals surface area (Å²) < 4.78 is 47.4. The Morgan fingerprint density at radius 1 is 1.40 bits per heavy atom. The predicted octanol–water partition coefficient (Wildman–Crippen LogP) is 4.20. The van der Waals surface area contributed by atoms with Gasteiger partial charge in [-0.3, -0.25) is 0 Å². The van der Waals surface area contributed by atoms with Gasteiger partial charge in [0.15, 0.2) is 0 Å². The Morgan fingerprint density at radius 3 is 2.52 bits per heavy atom. The summed E-state index contributed by atoms with van der Waals surface area (Å²) in [7, 11) is 0. The number of aliphatic carboxylic acids is 1. The normalized spacial score (nSPS) is 22.1. The second-order valence-corrected chi connectivity index (χ2v) is 7.02. The minimum absolute atomic E-state index is 0.0416. The minimum Gasteiger partial charge on any atom is -0.479 e. The first-order valence-corrected chi connectivity index (χ1v) is 8.95. The van der Waals surface area contributed by atoms with Crippen LogP contribution in [0.1, 0.15) is 53.3 Å². The summed E-state index contributed by atoms with van der Waals surface area (Å²) >= 11 is 15.1. The molecule has 1 heterocycles. The molecule has 1 aromatic rings. The van der Waals surface area contributed by atoms with Crippen LogP contribution in [0.3, 0.4) is 0 Å². The number of thiocarbonyl (C=S) groups is 1. The van der Waals surface area contributed by atoms with Gasteiger partial charge in [0.05, 0.1) is 0 Å². The summed E-state index contributed by atoms with van der Waals surface area (Å²) in [5.74, 6) is -1.21. The van der Waals surface area contributed by atoms with Crippen LogP contribution in [-0.4, -0.2) is 43.8 Å². The summed E-state index contributed by atoms with van der Waals surface area (Å²) in [6, 6.07) is 9.32. The van der Waals surface area contributed by atoms with Crippen LogP contribution in [0.5, 0.6) is 0 Å². The van der Waals surface area contributed by atoms with Crippen molar-refractivity contribution in [1.82, 2.24) is 5.32 Å². The van der Waals surface area contributed by atoms with Gasteiger partial charge in [-0.1, -0.05) is 65.8 Å². The number of alkyl halides is 2. The monoisotopic (exact) mass is 409 g/mol. The molecule has 0 bridgehead atoms. The Hall–Kier alpha value is -1.17. The van der Waals surface area contributed by atoms with Crippen molar-refractivity contribution in [2.75, 3.05) is 6.54 Å². The van der Waals surface area contributed by atoms with Crippen LogP contribution in [0.25, 0.3) is 0 Å². The molecule has 1 aliphatic rings. The predicted molar refractivity (Wildman–Crippen MR) is 108 cm³/mol. The van der Waals surface area contributed by atoms with Gasteiger partial charge >= 0.3 is 5.97 Å². The van der Waals surface area contributed by atoms with E-state index < -0.39 is 36.3 Å². The quantitative estimate of drug-likeness (QED) is 0.444. The molecular weight excluding hydrogens is 379 g/mol. The third-order valence-electron chi connectivity index (χ3n) is 3.69. The van der Waals surface area contributed by atoms with Crippen LogP contribution < -0.4 is 5.32 Å². The zero-order valence-electron chi connectivity index (χ0n) is 19.7. The molecule has 0 radical (unpaired) electrons. The molecule has 0 aliphatic carbocycles. The van der Waals surface area contributed by atoms with E-state index in [0.29, 0.717) is 24.4 Å².